The van der Waals surface area contributed by atoms with E-state index in [0.29, 0.717) is 97.9 Å². The summed E-state index contributed by atoms with van der Waals surface area (Å²) < 4.78 is 34.5. The van der Waals surface area contributed by atoms with Crippen LogP contribution in [0, 0.1) is 104 Å². The van der Waals surface area contributed by atoms with Gasteiger partial charge in [-0.2, -0.15) is 0 Å². The van der Waals surface area contributed by atoms with Gasteiger partial charge in [0, 0.05) is 35.5 Å². The van der Waals surface area contributed by atoms with Crippen molar-refractivity contribution in [2.24, 2.45) is 104 Å². The molecule has 12 aliphatic rings. The first kappa shape index (κ1) is 66.1. The van der Waals surface area contributed by atoms with Crippen molar-refractivity contribution in [2.75, 3.05) is 13.2 Å². The molecule has 0 saturated heterocycles. The molecule has 0 radical (unpaired) electrons. The van der Waals surface area contributed by atoms with Crippen LogP contribution in [0.15, 0.2) is 0 Å². The van der Waals surface area contributed by atoms with Crippen LogP contribution in [0.2, 0.25) is 0 Å². The average molecular weight is 1250 g/mol. The predicted molar refractivity (Wildman–Crippen MR) is 276 cm³/mol. The van der Waals surface area contributed by atoms with E-state index in [1.54, 1.807) is 0 Å². The van der Waals surface area contributed by atoms with Gasteiger partial charge in [0.05, 0.1) is 42.7 Å². The van der Waals surface area contributed by atoms with Crippen molar-refractivity contribution in [3.63, 3.8) is 0 Å². The van der Waals surface area contributed by atoms with Gasteiger partial charge in [0.15, 0.2) is 5.78 Å². The Morgan fingerprint density at radius 1 is 0.562 bits per heavy atom. The molecule has 0 heterocycles. The predicted octanol–water partition coefficient (Wildman–Crippen LogP) is -4.51. The summed E-state index contributed by atoms with van der Waals surface area (Å²) in [6.45, 7) is 11.9. The van der Waals surface area contributed by atoms with Crippen molar-refractivity contribution in [3.05, 3.63) is 0 Å². The first-order chi connectivity index (χ1) is 36.7. The van der Waals surface area contributed by atoms with Crippen LogP contribution in [0.5, 0.6) is 0 Å². The van der Waals surface area contributed by atoms with Crippen molar-refractivity contribution >= 4 is 17.3 Å². The van der Waals surface area contributed by atoms with Crippen LogP contribution in [0.3, 0.4) is 0 Å². The Balaban J connectivity index is 0.000000151. The minimum Gasteiger partial charge on any atom is -0.394 e. The number of aliphatic hydroxyl groups excluding tert-OH is 8. The van der Waals surface area contributed by atoms with Gasteiger partial charge in [-0.25, -0.2) is 0 Å². The summed E-state index contributed by atoms with van der Waals surface area (Å²) in [5, 5.41) is 105. The van der Waals surface area contributed by atoms with Gasteiger partial charge in [-0.3, -0.25) is 28.1 Å². The number of Topliss-reactive ketones (excluding diaryl/α,β-unsaturated/α-hetero) is 3. The molecule has 19 heteroatoms. The monoisotopic (exact) mass is 1250 g/mol. The maximum absolute atomic E-state index is 12.4. The molecule has 12 aliphatic carbocycles. The zero-order valence-electron chi connectivity index (χ0n) is 49.0. The normalized spacial score (nSPS) is 52.9. The molecule has 12 rings (SSSR count). The minimum absolute atomic E-state index is 0. The topological polar surface area (TPSA) is 346 Å². The van der Waals surface area contributed by atoms with Crippen LogP contribution in [-0.2, 0) is 14.4 Å². The standard InChI is InChI=1S/C21H36O5.C21H32O5.C19H30O3.IO4.Na/c2*1-19-7-5-13(23)9-12(19)3-4-14-15-6-8-21(26,17(25)11-22)20(15,2)10-16(24)18(14)19;1-18-8-7-12(20)9-11(18)3-4-13-14-5-6-16(22)19(14,2)10-15(21)17(13)18;2-1(3,4)5;/h12-18,22-26H,3-11H2,1-2H3;12,14-16,18,22,24,26H,3-11H2,1-2H3;11-15,17,20-21H,3-10H2,1-2H3;;/q;;;-1;+1/t12-,13-,14+,15+,16+,17-,18-,19+,20+,21+;12-,14+,15+,16+,18-,19+,20+,21+;11-,12-,13+,14+,15+,17-,18+,19+;;/m111../s1. The Morgan fingerprint density at radius 3 is 1.50 bits per heavy atom. The summed E-state index contributed by atoms with van der Waals surface area (Å²) in [4.78, 5) is 36.8. The van der Waals surface area contributed by atoms with E-state index in [9.17, 15) is 65.4 Å². The molecule has 0 aromatic carbocycles. The number of hydrogen-bond donors (Lipinski definition) is 10. The fraction of sp³-hybridized carbons (Fsp3) is 0.951. The molecule has 0 aromatic rings. The number of ketones is 3. The molecular weight excluding hydrogens is 1150 g/mol. The Bertz CT molecular complexity index is 2250. The van der Waals surface area contributed by atoms with E-state index >= 15 is 0 Å². The Labute approximate surface area is 502 Å². The van der Waals surface area contributed by atoms with Gasteiger partial charge in [-0.15, -0.1) is 0 Å². The second-order valence-electron chi connectivity index (χ2n) is 29.9. The van der Waals surface area contributed by atoms with Gasteiger partial charge in [-0.1, -0.05) is 41.5 Å². The second kappa shape index (κ2) is 23.6. The van der Waals surface area contributed by atoms with Gasteiger partial charge >= 0.3 is 29.6 Å². The third-order valence-corrected chi connectivity index (χ3v) is 27.0. The number of aliphatic hydroxyl groups is 10. The number of carbonyl (C=O) groups is 3. The van der Waals surface area contributed by atoms with E-state index in [-0.39, 0.29) is 99.1 Å². The van der Waals surface area contributed by atoms with Gasteiger partial charge in [0.1, 0.15) is 50.0 Å². The summed E-state index contributed by atoms with van der Waals surface area (Å²) in [5.74, 6) is 4.36. The zero-order valence-corrected chi connectivity index (χ0v) is 53.1. The molecule has 0 amide bonds. The maximum atomic E-state index is 12.4. The van der Waals surface area contributed by atoms with Crippen LogP contribution in [0.4, 0.5) is 0 Å². The number of halogens is 1. The number of rotatable bonds is 4. The summed E-state index contributed by atoms with van der Waals surface area (Å²) in [6.07, 6.45) is 16.8. The molecule has 0 bridgehead atoms. The third kappa shape index (κ3) is 10.8. The largest absolute Gasteiger partial charge is 1.00 e. The van der Waals surface area contributed by atoms with Gasteiger partial charge in [0.25, 0.3) is 0 Å². The van der Waals surface area contributed by atoms with Crippen LogP contribution >= 0.6 is 0 Å². The van der Waals surface area contributed by atoms with Crippen LogP contribution in [-0.4, -0.2) is 129 Å². The molecular formula is C61H98INaO17. The van der Waals surface area contributed by atoms with E-state index < -0.39 is 79.4 Å². The van der Waals surface area contributed by atoms with Crippen molar-refractivity contribution in [1.82, 2.24) is 0 Å². The van der Waals surface area contributed by atoms with Crippen molar-refractivity contribution in [3.8, 4) is 0 Å². The van der Waals surface area contributed by atoms with Gasteiger partial charge < -0.3 is 51.1 Å². The molecule has 17 nitrogen and oxygen atoms in total. The molecule has 0 aromatic heterocycles. The van der Waals surface area contributed by atoms with Crippen LogP contribution in [0.25, 0.3) is 0 Å². The molecule has 80 heavy (non-hydrogen) atoms. The average Bonchev–Trinajstić information content (AvgIpc) is 4.11. The number of fused-ring (bicyclic) bond motifs is 15. The summed E-state index contributed by atoms with van der Waals surface area (Å²) in [6, 6.07) is 0. The molecule has 0 spiro atoms. The van der Waals surface area contributed by atoms with Gasteiger partial charge in [-0.05, 0) is 222 Å². The first-order valence-electron chi connectivity index (χ1n) is 30.7. The van der Waals surface area contributed by atoms with Crippen LogP contribution < -0.4 is 63.4 Å². The Hall–Kier alpha value is 0.180. The van der Waals surface area contributed by atoms with Crippen molar-refractivity contribution < 1.29 is 129 Å². The molecule has 10 N–H and O–H groups in total. The summed E-state index contributed by atoms with van der Waals surface area (Å²) >= 11 is -5.94. The quantitative estimate of drug-likeness (QED) is 0.0937. The van der Waals surface area contributed by atoms with Gasteiger partial charge in [0.2, 0.25) is 0 Å². The van der Waals surface area contributed by atoms with E-state index in [0.717, 1.165) is 103 Å². The zero-order chi connectivity index (χ0) is 58.0. The van der Waals surface area contributed by atoms with E-state index in [1.807, 2.05) is 13.8 Å². The van der Waals surface area contributed by atoms with E-state index in [1.165, 1.54) is 6.42 Å². The second-order valence-corrected chi connectivity index (χ2v) is 32.0. The number of carbonyl (C=O) groups excluding carboxylic acids is 3. The molecule has 0 aliphatic heterocycles. The third-order valence-electron chi connectivity index (χ3n) is 27.0. The fourth-order valence-electron chi connectivity index (χ4n) is 23.0. The minimum atomic E-state index is -5.94. The van der Waals surface area contributed by atoms with Crippen LogP contribution in [0.1, 0.15) is 196 Å². The molecule has 12 fully saturated rings. The summed E-state index contributed by atoms with van der Waals surface area (Å²) in [7, 11) is 0. The van der Waals surface area contributed by atoms with Crippen molar-refractivity contribution in [2.45, 2.75) is 243 Å². The van der Waals surface area contributed by atoms with E-state index in [2.05, 4.69) is 27.7 Å². The molecule has 0 unspecified atom stereocenters. The molecule has 12 saturated carbocycles. The fourth-order valence-corrected chi connectivity index (χ4v) is 23.0. The smallest absolute Gasteiger partial charge is 0.394 e. The Kier molecular flexibility index (Phi) is 19.5. The first-order valence-corrected chi connectivity index (χ1v) is 34.2. The molecule has 452 valence electrons. The summed E-state index contributed by atoms with van der Waals surface area (Å²) in [5.41, 5.74) is -4.17. The molecule has 26 atom stereocenters. The van der Waals surface area contributed by atoms with E-state index in [4.69, 9.17) is 13.7 Å². The van der Waals surface area contributed by atoms with Crippen molar-refractivity contribution in [1.29, 1.82) is 0 Å². The SMILES string of the molecule is C[C@]12CCC(=O)C[C@H]1CC[C@@H]1[C@@H]2[C@@H](O)C[C@@]2(C)[C@H]1CC[C@]2(O)C(=O)CO.C[C@]12CC[C@@H](O)C[C@H]1CC[C@@H]1[C@@H]2[C@@H](O)C[C@@]2(C)[C@H]1CC[C@]2(O)[C@H](O)CO.C[C@]12CC[C@@H](O)C[C@H]1CC[C@@H]1[C@@H]2[C@@H](O)C[C@]2(C)C(=O)CC[C@@H]12.[Na+].[O-][I+3]([O-])([O-])[O-]. The maximum Gasteiger partial charge on any atom is 1.00 e. The Morgan fingerprint density at radius 2 is 1.00 bits per heavy atom. The number of hydrogen-bond acceptors (Lipinski definition) is 17.